The monoisotopic (exact) mass is 290 g/mol. The summed E-state index contributed by atoms with van der Waals surface area (Å²) >= 11 is 1.49. The van der Waals surface area contributed by atoms with Gasteiger partial charge in [0, 0.05) is 10.5 Å². The van der Waals surface area contributed by atoms with E-state index in [2.05, 4.69) is 6.92 Å². The van der Waals surface area contributed by atoms with E-state index in [4.69, 9.17) is 0 Å². The number of carbonyl (C=O) groups is 1. The molecular weight excluding hydrogens is 273 g/mol. The highest BCUT2D eigenvalue weighted by molar-refractivity contribution is 7.99. The maximum Gasteiger partial charge on any atom is 0.454 e. The van der Waals surface area contributed by atoms with Gasteiger partial charge in [-0.3, -0.25) is 4.79 Å². The zero-order valence-corrected chi connectivity index (χ0v) is 11.6. The van der Waals surface area contributed by atoms with Crippen molar-refractivity contribution in [2.45, 2.75) is 43.7 Å². The molecule has 1 nitrogen and oxygen atoms in total. The molecule has 1 aromatic carbocycles. The summed E-state index contributed by atoms with van der Waals surface area (Å²) < 4.78 is 36.9. The summed E-state index contributed by atoms with van der Waals surface area (Å²) in [6, 6.07) is 5.75. The zero-order chi connectivity index (χ0) is 14.3. The number of alkyl halides is 3. The molecular formula is C14H17F3OS. The Morgan fingerprint density at radius 3 is 2.58 bits per heavy atom. The molecule has 0 amide bonds. The Morgan fingerprint density at radius 1 is 1.21 bits per heavy atom. The number of rotatable bonds is 7. The largest absolute Gasteiger partial charge is 0.454 e. The molecule has 0 heterocycles. The van der Waals surface area contributed by atoms with Crippen LogP contribution in [0.1, 0.15) is 43.0 Å². The summed E-state index contributed by atoms with van der Waals surface area (Å²) in [5.41, 5.74) is -0.286. The van der Waals surface area contributed by atoms with Gasteiger partial charge in [0.25, 0.3) is 5.78 Å². The first kappa shape index (κ1) is 16.1. The molecule has 0 spiro atoms. The molecule has 0 fully saturated rings. The molecule has 106 valence electrons. The zero-order valence-electron chi connectivity index (χ0n) is 10.8. The molecule has 0 aliphatic heterocycles. The maximum atomic E-state index is 12.3. The van der Waals surface area contributed by atoms with Crippen LogP contribution in [0.25, 0.3) is 0 Å². The number of hydrogen-bond donors (Lipinski definition) is 0. The van der Waals surface area contributed by atoms with E-state index >= 15 is 0 Å². The molecule has 1 rings (SSSR count). The molecule has 0 radical (unpaired) electrons. The van der Waals surface area contributed by atoms with Gasteiger partial charge in [-0.25, -0.2) is 0 Å². The van der Waals surface area contributed by atoms with Crippen molar-refractivity contribution in [2.75, 3.05) is 5.75 Å². The van der Waals surface area contributed by atoms with Gasteiger partial charge < -0.3 is 0 Å². The van der Waals surface area contributed by atoms with Crippen molar-refractivity contribution in [1.82, 2.24) is 0 Å². The Bertz CT molecular complexity index is 415. The van der Waals surface area contributed by atoms with E-state index in [1.165, 1.54) is 36.4 Å². The van der Waals surface area contributed by atoms with Gasteiger partial charge in [0.1, 0.15) is 0 Å². The fourth-order valence-electron chi connectivity index (χ4n) is 1.61. The summed E-state index contributed by atoms with van der Waals surface area (Å²) in [6.07, 6.45) is -0.307. The quantitative estimate of drug-likeness (QED) is 0.394. The van der Waals surface area contributed by atoms with Crippen molar-refractivity contribution in [2.24, 2.45) is 0 Å². The Balaban J connectivity index is 2.55. The highest BCUT2D eigenvalue weighted by Crippen LogP contribution is 2.25. The predicted molar refractivity (Wildman–Crippen MR) is 71.7 cm³/mol. The number of ketones is 1. The van der Waals surface area contributed by atoms with Crippen molar-refractivity contribution in [3.63, 3.8) is 0 Å². The number of hydrogen-bond acceptors (Lipinski definition) is 2. The molecule has 5 heteroatoms. The van der Waals surface area contributed by atoms with Crippen LogP contribution in [-0.4, -0.2) is 17.7 Å². The normalized spacial score (nSPS) is 11.6. The van der Waals surface area contributed by atoms with Crippen LogP contribution in [0.5, 0.6) is 0 Å². The summed E-state index contributed by atoms with van der Waals surface area (Å²) in [7, 11) is 0. The van der Waals surface area contributed by atoms with Gasteiger partial charge in [0.2, 0.25) is 0 Å². The topological polar surface area (TPSA) is 17.1 Å². The minimum Gasteiger partial charge on any atom is -0.284 e. The van der Waals surface area contributed by atoms with Gasteiger partial charge in [0.05, 0.1) is 0 Å². The average Bonchev–Trinajstić information content (AvgIpc) is 2.37. The van der Waals surface area contributed by atoms with Crippen LogP contribution in [0, 0.1) is 0 Å². The van der Waals surface area contributed by atoms with Crippen molar-refractivity contribution in [1.29, 1.82) is 0 Å². The van der Waals surface area contributed by atoms with Crippen LogP contribution >= 0.6 is 11.8 Å². The van der Waals surface area contributed by atoms with Crippen molar-refractivity contribution < 1.29 is 18.0 Å². The minimum atomic E-state index is -4.80. The van der Waals surface area contributed by atoms with Gasteiger partial charge in [-0.1, -0.05) is 38.3 Å². The van der Waals surface area contributed by atoms with E-state index in [0.717, 1.165) is 25.0 Å². The SMILES string of the molecule is CCCCCCSc1cccc(C(=O)C(F)(F)F)c1. The van der Waals surface area contributed by atoms with Crippen LogP contribution in [0.2, 0.25) is 0 Å². The van der Waals surface area contributed by atoms with Crippen LogP contribution in [0.15, 0.2) is 29.2 Å². The molecule has 0 unspecified atom stereocenters. The fourth-order valence-corrected chi connectivity index (χ4v) is 2.58. The molecule has 0 aliphatic rings. The summed E-state index contributed by atoms with van der Waals surface area (Å²) in [5.74, 6) is -0.912. The molecule has 0 atom stereocenters. The lowest BCUT2D eigenvalue weighted by atomic mass is 10.1. The van der Waals surface area contributed by atoms with E-state index in [0.29, 0.717) is 4.90 Å². The summed E-state index contributed by atoms with van der Waals surface area (Å²) in [4.78, 5) is 11.8. The summed E-state index contributed by atoms with van der Waals surface area (Å²) in [5, 5.41) is 0. The number of thioether (sulfide) groups is 1. The molecule has 1 aromatic rings. The highest BCUT2D eigenvalue weighted by atomic mass is 32.2. The van der Waals surface area contributed by atoms with Crippen LogP contribution in [0.3, 0.4) is 0 Å². The number of benzene rings is 1. The van der Waals surface area contributed by atoms with E-state index in [1.807, 2.05) is 0 Å². The number of unbranched alkanes of at least 4 members (excludes halogenated alkanes) is 3. The molecule has 0 aliphatic carbocycles. The first-order valence-electron chi connectivity index (χ1n) is 6.29. The standard InChI is InChI=1S/C14H17F3OS/c1-2-3-4-5-9-19-12-8-6-7-11(10-12)13(18)14(15,16)17/h6-8,10H,2-5,9H2,1H3. The molecule has 0 N–H and O–H groups in total. The van der Waals surface area contributed by atoms with E-state index in [-0.39, 0.29) is 5.56 Å². The average molecular weight is 290 g/mol. The third-order valence-corrected chi connectivity index (χ3v) is 3.70. The molecule has 0 bridgehead atoms. The Morgan fingerprint density at radius 2 is 1.95 bits per heavy atom. The van der Waals surface area contributed by atoms with Crippen LogP contribution in [-0.2, 0) is 0 Å². The van der Waals surface area contributed by atoms with Gasteiger partial charge in [-0.05, 0) is 24.3 Å². The van der Waals surface area contributed by atoms with Gasteiger partial charge in [-0.2, -0.15) is 13.2 Å². The van der Waals surface area contributed by atoms with Crippen LogP contribution in [0.4, 0.5) is 13.2 Å². The third kappa shape index (κ3) is 5.68. The first-order chi connectivity index (χ1) is 8.95. The second-order valence-electron chi connectivity index (χ2n) is 4.26. The first-order valence-corrected chi connectivity index (χ1v) is 7.28. The lowest BCUT2D eigenvalue weighted by Gasteiger charge is -2.07. The highest BCUT2D eigenvalue weighted by Gasteiger charge is 2.39. The van der Waals surface area contributed by atoms with Gasteiger partial charge in [0.15, 0.2) is 0 Å². The van der Waals surface area contributed by atoms with Crippen molar-refractivity contribution in [3.8, 4) is 0 Å². The van der Waals surface area contributed by atoms with Crippen LogP contribution < -0.4 is 0 Å². The van der Waals surface area contributed by atoms with Gasteiger partial charge >= 0.3 is 6.18 Å². The second kappa shape index (κ2) is 7.58. The third-order valence-electron chi connectivity index (χ3n) is 2.62. The second-order valence-corrected chi connectivity index (χ2v) is 5.43. The van der Waals surface area contributed by atoms with E-state index in [9.17, 15) is 18.0 Å². The predicted octanol–water partition coefficient (Wildman–Crippen LogP) is 5.10. The maximum absolute atomic E-state index is 12.3. The lowest BCUT2D eigenvalue weighted by Crippen LogP contribution is -2.22. The Labute approximate surface area is 115 Å². The number of Topliss-reactive ketones (excluding diaryl/α,β-unsaturated/α-hetero) is 1. The molecule has 0 saturated heterocycles. The smallest absolute Gasteiger partial charge is 0.284 e. The van der Waals surface area contributed by atoms with Crippen molar-refractivity contribution in [3.05, 3.63) is 29.8 Å². The van der Waals surface area contributed by atoms with Gasteiger partial charge in [-0.15, -0.1) is 11.8 Å². The summed E-state index contributed by atoms with van der Waals surface area (Å²) in [6.45, 7) is 2.12. The minimum absolute atomic E-state index is 0.286. The fraction of sp³-hybridized carbons (Fsp3) is 0.500. The molecule has 19 heavy (non-hydrogen) atoms. The van der Waals surface area contributed by atoms with E-state index < -0.39 is 12.0 Å². The molecule has 0 saturated carbocycles. The number of halogens is 3. The Hall–Kier alpha value is -0.970. The van der Waals surface area contributed by atoms with E-state index in [1.54, 1.807) is 6.07 Å². The number of carbonyl (C=O) groups excluding carboxylic acids is 1. The molecule has 0 aromatic heterocycles. The lowest BCUT2D eigenvalue weighted by molar-refractivity contribution is -0.0885. The Kier molecular flexibility index (Phi) is 6.42. The van der Waals surface area contributed by atoms with Crippen molar-refractivity contribution >= 4 is 17.5 Å².